The molecule has 4 saturated heterocycles. The number of quaternary nitrogens is 2. The number of hydrogen-bond acceptors (Lipinski definition) is 0. The highest BCUT2D eigenvalue weighted by molar-refractivity contribution is 4.82. The molecule has 4 bridgehead atoms. The third kappa shape index (κ3) is 2.96. The summed E-state index contributed by atoms with van der Waals surface area (Å²) in [6.45, 7) is 2.96. The molecular weight excluding hydrogens is 292 g/mol. The van der Waals surface area contributed by atoms with E-state index >= 15 is 0 Å². The van der Waals surface area contributed by atoms with E-state index in [1.807, 2.05) is 0 Å². The number of fused-ring (bicyclic) bond motifs is 4. The molecule has 4 aliphatic heterocycles. The molecule has 4 rings (SSSR count). The highest BCUT2D eigenvalue weighted by atomic mass is 15.4. The lowest BCUT2D eigenvalue weighted by atomic mass is 9.98. The number of piperidine rings is 2. The van der Waals surface area contributed by atoms with Gasteiger partial charge in [0.05, 0.1) is 51.4 Å². The molecule has 0 radical (unpaired) electrons. The Balaban J connectivity index is 1.17. The van der Waals surface area contributed by atoms with Crippen molar-refractivity contribution < 1.29 is 8.97 Å². The van der Waals surface area contributed by atoms with E-state index in [-0.39, 0.29) is 0 Å². The summed E-state index contributed by atoms with van der Waals surface area (Å²) in [5.74, 6) is 0. The van der Waals surface area contributed by atoms with Crippen LogP contribution in [-0.2, 0) is 0 Å². The van der Waals surface area contributed by atoms with Crippen molar-refractivity contribution in [2.75, 3.05) is 27.2 Å². The summed E-state index contributed by atoms with van der Waals surface area (Å²) in [6.07, 6.45) is 21.2. The first-order chi connectivity index (χ1) is 11.6. The van der Waals surface area contributed by atoms with Crippen molar-refractivity contribution >= 4 is 0 Å². The molecule has 2 nitrogen and oxygen atoms in total. The summed E-state index contributed by atoms with van der Waals surface area (Å²) in [6, 6.07) is 4.10. The van der Waals surface area contributed by atoms with Crippen LogP contribution in [0.25, 0.3) is 0 Å². The Hall–Kier alpha value is -0.0800. The molecule has 0 amide bonds. The summed E-state index contributed by atoms with van der Waals surface area (Å²) in [4.78, 5) is 0. The Bertz CT molecular complexity index is 360. The molecule has 0 aromatic heterocycles. The van der Waals surface area contributed by atoms with Crippen LogP contribution in [0.2, 0.25) is 0 Å². The number of hydrogen-bond donors (Lipinski definition) is 0. The zero-order chi connectivity index (χ0) is 16.6. The Kier molecular flexibility index (Phi) is 4.99. The van der Waals surface area contributed by atoms with Crippen molar-refractivity contribution in [3.05, 3.63) is 0 Å². The maximum Gasteiger partial charge on any atom is 0.0892 e. The average molecular weight is 335 g/mol. The fourth-order valence-corrected chi connectivity index (χ4v) is 7.47. The third-order valence-electron chi connectivity index (χ3n) is 9.18. The Morgan fingerprint density at radius 3 is 1.17 bits per heavy atom. The molecule has 0 aromatic carbocycles. The van der Waals surface area contributed by atoms with Crippen LogP contribution in [0.1, 0.15) is 89.9 Å². The van der Waals surface area contributed by atoms with E-state index < -0.39 is 0 Å². The van der Waals surface area contributed by atoms with Gasteiger partial charge in [0.2, 0.25) is 0 Å². The van der Waals surface area contributed by atoms with Gasteiger partial charge < -0.3 is 8.97 Å². The fourth-order valence-electron chi connectivity index (χ4n) is 7.47. The summed E-state index contributed by atoms with van der Waals surface area (Å²) in [5.41, 5.74) is 0. The Labute approximate surface area is 150 Å². The standard InChI is InChI=1S/C22H42N2/c1-23(19-9-7-10-20(23)14-13-19)17-5-3-4-6-18-24(2)21-11-8-12-22(24)16-15-21/h19-22H,3-18H2,1-2H3/q+2. The van der Waals surface area contributed by atoms with Crippen LogP contribution in [0.5, 0.6) is 0 Å². The molecule has 0 N–H and O–H groups in total. The highest BCUT2D eigenvalue weighted by Crippen LogP contribution is 2.42. The zero-order valence-corrected chi connectivity index (χ0v) is 16.5. The molecule has 24 heavy (non-hydrogen) atoms. The minimum atomic E-state index is 1.03. The van der Waals surface area contributed by atoms with Gasteiger partial charge in [-0.15, -0.1) is 0 Å². The van der Waals surface area contributed by atoms with Gasteiger partial charge in [0, 0.05) is 25.7 Å². The normalized spacial score (nSPS) is 47.2. The topological polar surface area (TPSA) is 0 Å². The van der Waals surface area contributed by atoms with Crippen LogP contribution in [0, 0.1) is 0 Å². The first kappa shape index (κ1) is 17.3. The molecule has 2 heteroatoms. The largest absolute Gasteiger partial charge is 0.321 e. The summed E-state index contributed by atoms with van der Waals surface area (Å²) >= 11 is 0. The van der Waals surface area contributed by atoms with Crippen molar-refractivity contribution in [1.82, 2.24) is 0 Å². The Morgan fingerprint density at radius 1 is 0.500 bits per heavy atom. The highest BCUT2D eigenvalue weighted by Gasteiger charge is 2.48. The van der Waals surface area contributed by atoms with Gasteiger partial charge in [-0.3, -0.25) is 0 Å². The lowest BCUT2D eigenvalue weighted by molar-refractivity contribution is -0.949. The number of rotatable bonds is 7. The van der Waals surface area contributed by atoms with Gasteiger partial charge in [-0.2, -0.15) is 0 Å². The molecule has 4 unspecified atom stereocenters. The first-order valence-electron chi connectivity index (χ1n) is 11.3. The van der Waals surface area contributed by atoms with Crippen LogP contribution in [0.15, 0.2) is 0 Å². The summed E-state index contributed by atoms with van der Waals surface area (Å²) in [5, 5.41) is 0. The maximum absolute atomic E-state index is 2.60. The summed E-state index contributed by atoms with van der Waals surface area (Å²) < 4.78 is 2.91. The molecule has 4 heterocycles. The first-order valence-corrected chi connectivity index (χ1v) is 11.3. The molecule has 0 saturated carbocycles. The van der Waals surface area contributed by atoms with E-state index in [9.17, 15) is 0 Å². The molecule has 4 aliphatic rings. The van der Waals surface area contributed by atoms with E-state index in [4.69, 9.17) is 0 Å². The molecule has 4 fully saturated rings. The fraction of sp³-hybridized carbons (Fsp3) is 1.00. The van der Waals surface area contributed by atoms with Crippen LogP contribution in [0.4, 0.5) is 0 Å². The van der Waals surface area contributed by atoms with Gasteiger partial charge in [-0.05, 0) is 64.2 Å². The van der Waals surface area contributed by atoms with Crippen molar-refractivity contribution in [1.29, 1.82) is 0 Å². The van der Waals surface area contributed by atoms with Crippen LogP contribution < -0.4 is 0 Å². The predicted molar refractivity (Wildman–Crippen MR) is 102 cm³/mol. The second-order valence-corrected chi connectivity index (χ2v) is 10.2. The molecule has 138 valence electrons. The van der Waals surface area contributed by atoms with Gasteiger partial charge in [0.1, 0.15) is 0 Å². The van der Waals surface area contributed by atoms with Crippen molar-refractivity contribution in [2.45, 2.75) is 114 Å². The van der Waals surface area contributed by atoms with Crippen molar-refractivity contribution in [2.24, 2.45) is 0 Å². The second-order valence-electron chi connectivity index (χ2n) is 10.2. The smallest absolute Gasteiger partial charge is 0.0892 e. The van der Waals surface area contributed by atoms with Gasteiger partial charge in [-0.25, -0.2) is 0 Å². The van der Waals surface area contributed by atoms with Gasteiger partial charge >= 0.3 is 0 Å². The molecular formula is C22H42N2+2. The van der Waals surface area contributed by atoms with Crippen molar-refractivity contribution in [3.8, 4) is 0 Å². The maximum atomic E-state index is 2.60. The zero-order valence-electron chi connectivity index (χ0n) is 16.5. The summed E-state index contributed by atoms with van der Waals surface area (Å²) in [7, 11) is 5.19. The molecule has 0 aromatic rings. The van der Waals surface area contributed by atoms with Crippen molar-refractivity contribution in [3.63, 3.8) is 0 Å². The van der Waals surface area contributed by atoms with E-state index in [0.29, 0.717) is 0 Å². The molecule has 0 aliphatic carbocycles. The van der Waals surface area contributed by atoms with E-state index in [1.165, 1.54) is 112 Å². The van der Waals surface area contributed by atoms with Gasteiger partial charge in [0.25, 0.3) is 0 Å². The van der Waals surface area contributed by atoms with Crippen LogP contribution in [-0.4, -0.2) is 60.3 Å². The molecule has 0 spiro atoms. The third-order valence-corrected chi connectivity index (χ3v) is 9.18. The minimum absolute atomic E-state index is 1.03. The van der Waals surface area contributed by atoms with Crippen LogP contribution >= 0.6 is 0 Å². The second kappa shape index (κ2) is 6.91. The SMILES string of the molecule is C[N+]1(CCCCCC[N+]2(C)C3CCCC2CC3)C2CCCC1CC2. The van der Waals surface area contributed by atoms with E-state index in [1.54, 1.807) is 0 Å². The lowest BCUT2D eigenvalue weighted by Crippen LogP contribution is -2.56. The Morgan fingerprint density at radius 2 is 0.833 bits per heavy atom. The number of nitrogens with zero attached hydrogens (tertiary/aromatic N) is 2. The monoisotopic (exact) mass is 334 g/mol. The van der Waals surface area contributed by atoms with E-state index in [2.05, 4.69) is 14.1 Å². The minimum Gasteiger partial charge on any atom is -0.321 e. The average Bonchev–Trinajstić information content (AvgIpc) is 2.89. The number of unbranched alkanes of at least 4 members (excludes halogenated alkanes) is 3. The van der Waals surface area contributed by atoms with Gasteiger partial charge in [-0.1, -0.05) is 0 Å². The van der Waals surface area contributed by atoms with Crippen LogP contribution in [0.3, 0.4) is 0 Å². The van der Waals surface area contributed by atoms with Gasteiger partial charge in [0.15, 0.2) is 0 Å². The predicted octanol–water partition coefficient (Wildman–Crippen LogP) is 4.87. The molecule has 4 atom stereocenters. The lowest BCUT2D eigenvalue weighted by Gasteiger charge is -2.45. The van der Waals surface area contributed by atoms with E-state index in [0.717, 1.165) is 24.2 Å². The quantitative estimate of drug-likeness (QED) is 0.460.